The van der Waals surface area contributed by atoms with E-state index in [4.69, 9.17) is 0 Å². The first-order valence-electron chi connectivity index (χ1n) is 9.87. The Morgan fingerprint density at radius 3 is 2.33 bits per heavy atom. The van der Waals surface area contributed by atoms with Gasteiger partial charge in [0.2, 0.25) is 0 Å². The molecule has 0 aliphatic carbocycles. The Morgan fingerprint density at radius 1 is 1.00 bits per heavy atom. The van der Waals surface area contributed by atoms with Crippen molar-refractivity contribution in [2.45, 2.75) is 59.5 Å². The van der Waals surface area contributed by atoms with Gasteiger partial charge < -0.3 is 10.2 Å². The molecule has 1 N–H and O–H groups in total. The zero-order valence-electron chi connectivity index (χ0n) is 17.3. The number of nitrogens with zero attached hydrogens (tertiary/aromatic N) is 1. The van der Waals surface area contributed by atoms with Gasteiger partial charge in [0.15, 0.2) is 0 Å². The molecule has 3 heteroatoms. The van der Waals surface area contributed by atoms with E-state index in [9.17, 15) is 4.79 Å². The molecule has 0 saturated heterocycles. The molecule has 0 radical (unpaired) electrons. The standard InChI is InChI=1S/C24H32N2O/c1-23(2,3)17-24(4,5)25-22(27)20-12-10-18(11-13-20)16-26-15-14-19-8-6-7-9-21(19)26/h6-13H,14-17H2,1-5H3,(H,25,27). The smallest absolute Gasteiger partial charge is 0.251 e. The number of nitrogens with one attached hydrogen (secondary N) is 1. The van der Waals surface area contributed by atoms with Crippen molar-refractivity contribution in [1.29, 1.82) is 0 Å². The second-order valence-electron chi connectivity index (χ2n) is 9.57. The molecule has 0 unspecified atom stereocenters. The third-order valence-electron chi connectivity index (χ3n) is 5.00. The third kappa shape index (κ3) is 5.12. The second-order valence-corrected chi connectivity index (χ2v) is 9.57. The molecule has 0 fully saturated rings. The van der Waals surface area contributed by atoms with Gasteiger partial charge in [-0.1, -0.05) is 51.1 Å². The third-order valence-corrected chi connectivity index (χ3v) is 5.00. The van der Waals surface area contributed by atoms with E-state index in [0.717, 1.165) is 31.5 Å². The number of fused-ring (bicyclic) bond motifs is 1. The van der Waals surface area contributed by atoms with Crippen LogP contribution in [-0.4, -0.2) is 18.0 Å². The summed E-state index contributed by atoms with van der Waals surface area (Å²) in [5.41, 5.74) is 4.66. The fraction of sp³-hybridized carbons (Fsp3) is 0.458. The Kier molecular flexibility index (Phi) is 5.32. The summed E-state index contributed by atoms with van der Waals surface area (Å²) in [6, 6.07) is 16.7. The topological polar surface area (TPSA) is 32.3 Å². The van der Waals surface area contributed by atoms with Gasteiger partial charge in [-0.25, -0.2) is 0 Å². The summed E-state index contributed by atoms with van der Waals surface area (Å²) in [5.74, 6) is 0.00215. The summed E-state index contributed by atoms with van der Waals surface area (Å²) in [5, 5.41) is 3.19. The Bertz CT molecular complexity index is 800. The van der Waals surface area contributed by atoms with Crippen molar-refractivity contribution in [3.63, 3.8) is 0 Å². The number of carbonyl (C=O) groups is 1. The summed E-state index contributed by atoms with van der Waals surface area (Å²) >= 11 is 0. The molecule has 3 rings (SSSR count). The van der Waals surface area contributed by atoms with Crippen LogP contribution in [0.15, 0.2) is 48.5 Å². The number of hydrogen-bond acceptors (Lipinski definition) is 2. The quantitative estimate of drug-likeness (QED) is 0.791. The average Bonchev–Trinajstić information content (AvgIpc) is 2.96. The summed E-state index contributed by atoms with van der Waals surface area (Å²) in [7, 11) is 0. The maximum absolute atomic E-state index is 12.6. The van der Waals surface area contributed by atoms with Crippen molar-refractivity contribution < 1.29 is 4.79 Å². The van der Waals surface area contributed by atoms with Crippen LogP contribution in [-0.2, 0) is 13.0 Å². The molecule has 0 aromatic heterocycles. The minimum Gasteiger partial charge on any atom is -0.367 e. The number of anilines is 1. The lowest BCUT2D eigenvalue weighted by Gasteiger charge is -2.33. The highest BCUT2D eigenvalue weighted by atomic mass is 16.1. The highest BCUT2D eigenvalue weighted by Gasteiger charge is 2.27. The predicted octanol–water partition coefficient (Wildman–Crippen LogP) is 5.19. The van der Waals surface area contributed by atoms with Crippen molar-refractivity contribution in [2.24, 2.45) is 5.41 Å². The minimum absolute atomic E-state index is 0.00215. The minimum atomic E-state index is -0.229. The number of benzene rings is 2. The Hall–Kier alpha value is -2.29. The largest absolute Gasteiger partial charge is 0.367 e. The summed E-state index contributed by atoms with van der Waals surface area (Å²) < 4.78 is 0. The van der Waals surface area contributed by atoms with E-state index in [1.807, 2.05) is 12.1 Å². The van der Waals surface area contributed by atoms with E-state index in [1.54, 1.807) is 0 Å². The maximum Gasteiger partial charge on any atom is 0.251 e. The number of para-hydroxylation sites is 1. The Balaban J connectivity index is 1.63. The van der Waals surface area contributed by atoms with Gasteiger partial charge in [0.05, 0.1) is 0 Å². The highest BCUT2D eigenvalue weighted by molar-refractivity contribution is 5.94. The van der Waals surface area contributed by atoms with Crippen LogP contribution in [0.25, 0.3) is 0 Å². The first-order valence-corrected chi connectivity index (χ1v) is 9.87. The summed E-state index contributed by atoms with van der Waals surface area (Å²) in [6.07, 6.45) is 2.04. The van der Waals surface area contributed by atoms with Crippen LogP contribution < -0.4 is 10.2 Å². The Morgan fingerprint density at radius 2 is 1.67 bits per heavy atom. The van der Waals surface area contributed by atoms with Crippen molar-refractivity contribution in [2.75, 3.05) is 11.4 Å². The molecule has 1 heterocycles. The van der Waals surface area contributed by atoms with Gasteiger partial charge in [0, 0.05) is 29.9 Å². The molecular weight excluding hydrogens is 332 g/mol. The number of carbonyl (C=O) groups excluding carboxylic acids is 1. The molecular formula is C24H32N2O. The zero-order valence-corrected chi connectivity index (χ0v) is 17.3. The van der Waals surface area contributed by atoms with E-state index in [-0.39, 0.29) is 16.9 Å². The molecule has 0 bridgehead atoms. The van der Waals surface area contributed by atoms with Crippen LogP contribution in [0.2, 0.25) is 0 Å². The first kappa shape index (κ1) is 19.5. The number of hydrogen-bond donors (Lipinski definition) is 1. The zero-order chi connectivity index (χ0) is 19.7. The van der Waals surface area contributed by atoms with E-state index < -0.39 is 0 Å². The van der Waals surface area contributed by atoms with E-state index in [1.165, 1.54) is 16.8 Å². The predicted molar refractivity (Wildman–Crippen MR) is 113 cm³/mol. The normalized spacial score (nSPS) is 14.2. The molecule has 2 aromatic carbocycles. The lowest BCUT2D eigenvalue weighted by Crippen LogP contribution is -2.45. The van der Waals surface area contributed by atoms with Gasteiger partial charge >= 0.3 is 0 Å². The molecule has 0 atom stereocenters. The first-order chi connectivity index (χ1) is 12.6. The monoisotopic (exact) mass is 364 g/mol. The molecule has 2 aromatic rings. The van der Waals surface area contributed by atoms with Crippen molar-refractivity contribution in [3.8, 4) is 0 Å². The van der Waals surface area contributed by atoms with Gasteiger partial charge in [-0.05, 0) is 61.4 Å². The van der Waals surface area contributed by atoms with Crippen LogP contribution >= 0.6 is 0 Å². The van der Waals surface area contributed by atoms with Gasteiger partial charge in [-0.15, -0.1) is 0 Å². The maximum atomic E-state index is 12.6. The molecule has 27 heavy (non-hydrogen) atoms. The van der Waals surface area contributed by atoms with Gasteiger partial charge in [-0.2, -0.15) is 0 Å². The molecule has 1 amide bonds. The van der Waals surface area contributed by atoms with Crippen LogP contribution in [0.4, 0.5) is 5.69 Å². The molecule has 0 saturated carbocycles. The van der Waals surface area contributed by atoms with Crippen LogP contribution in [0.3, 0.4) is 0 Å². The van der Waals surface area contributed by atoms with Crippen molar-refractivity contribution in [3.05, 3.63) is 65.2 Å². The molecule has 0 spiro atoms. The lowest BCUT2D eigenvalue weighted by atomic mass is 9.81. The fourth-order valence-corrected chi connectivity index (χ4v) is 4.30. The summed E-state index contributed by atoms with van der Waals surface area (Å²) in [4.78, 5) is 15.1. The van der Waals surface area contributed by atoms with Gasteiger partial charge in [-0.3, -0.25) is 4.79 Å². The van der Waals surface area contributed by atoms with Crippen molar-refractivity contribution >= 4 is 11.6 Å². The molecule has 1 aliphatic rings. The molecule has 144 valence electrons. The SMILES string of the molecule is CC(C)(C)CC(C)(C)NC(=O)c1ccc(CN2CCc3ccccc32)cc1. The lowest BCUT2D eigenvalue weighted by molar-refractivity contribution is 0.0891. The average molecular weight is 365 g/mol. The van der Waals surface area contributed by atoms with E-state index >= 15 is 0 Å². The molecule has 1 aliphatic heterocycles. The van der Waals surface area contributed by atoms with Crippen LogP contribution in [0, 0.1) is 5.41 Å². The highest BCUT2D eigenvalue weighted by Crippen LogP contribution is 2.29. The van der Waals surface area contributed by atoms with E-state index in [0.29, 0.717) is 0 Å². The van der Waals surface area contributed by atoms with Gasteiger partial charge in [0.1, 0.15) is 0 Å². The number of amides is 1. The number of rotatable bonds is 5. The summed E-state index contributed by atoms with van der Waals surface area (Å²) in [6.45, 7) is 12.7. The van der Waals surface area contributed by atoms with E-state index in [2.05, 4.69) is 81.2 Å². The van der Waals surface area contributed by atoms with Crippen molar-refractivity contribution in [1.82, 2.24) is 5.32 Å². The van der Waals surface area contributed by atoms with Crippen LogP contribution in [0.5, 0.6) is 0 Å². The fourth-order valence-electron chi connectivity index (χ4n) is 4.30. The van der Waals surface area contributed by atoms with Crippen LogP contribution in [0.1, 0.15) is 62.5 Å². The van der Waals surface area contributed by atoms with Gasteiger partial charge in [0.25, 0.3) is 5.91 Å². The Labute approximate surface area is 163 Å². The second kappa shape index (κ2) is 7.38. The molecule has 3 nitrogen and oxygen atoms in total.